The van der Waals surface area contributed by atoms with Crippen LogP contribution in [0.4, 0.5) is 0 Å². The predicted octanol–water partition coefficient (Wildman–Crippen LogP) is 3.61. The van der Waals surface area contributed by atoms with Crippen LogP contribution in [0, 0.1) is 0 Å². The van der Waals surface area contributed by atoms with E-state index >= 15 is 0 Å². The van der Waals surface area contributed by atoms with E-state index in [9.17, 15) is 4.79 Å². The van der Waals surface area contributed by atoms with Gasteiger partial charge in [0.2, 0.25) is 0 Å². The molecule has 5 heteroatoms. The largest absolute Gasteiger partial charge is 0.490 e. The number of rotatable bonds is 6. The fourth-order valence-electron chi connectivity index (χ4n) is 1.91. The number of aromatic nitrogens is 1. The predicted molar refractivity (Wildman–Crippen MR) is 73.9 cm³/mol. The van der Waals surface area contributed by atoms with Crippen molar-refractivity contribution < 1.29 is 19.2 Å². The Morgan fingerprint density at radius 2 is 2.05 bits per heavy atom. The number of hydrogen-bond donors (Lipinski definition) is 1. The van der Waals surface area contributed by atoms with E-state index in [-0.39, 0.29) is 11.8 Å². The first kappa shape index (κ1) is 14.1. The van der Waals surface area contributed by atoms with Crippen molar-refractivity contribution in [2.75, 3.05) is 0 Å². The minimum atomic E-state index is -1.11. The zero-order chi connectivity index (χ0) is 14.5. The Hall–Kier alpha value is -2.30. The summed E-state index contributed by atoms with van der Waals surface area (Å²) in [7, 11) is 0. The molecule has 0 saturated carbocycles. The van der Waals surface area contributed by atoms with E-state index in [1.807, 2.05) is 24.3 Å². The van der Waals surface area contributed by atoms with Gasteiger partial charge < -0.3 is 14.4 Å². The van der Waals surface area contributed by atoms with Crippen LogP contribution in [0.15, 0.2) is 34.9 Å². The molecule has 0 aliphatic heterocycles. The zero-order valence-electron chi connectivity index (χ0n) is 11.5. The van der Waals surface area contributed by atoms with Crippen molar-refractivity contribution in [3.05, 3.63) is 36.0 Å². The Morgan fingerprint density at radius 1 is 1.35 bits per heavy atom. The van der Waals surface area contributed by atoms with Gasteiger partial charge in [0.25, 0.3) is 0 Å². The Labute approximate surface area is 117 Å². The molecule has 0 aliphatic rings. The fourth-order valence-corrected chi connectivity index (χ4v) is 1.91. The molecule has 5 nitrogen and oxygen atoms in total. The molecule has 0 aliphatic carbocycles. The number of aromatic carboxylic acids is 1. The van der Waals surface area contributed by atoms with E-state index in [1.165, 1.54) is 6.07 Å². The highest BCUT2D eigenvalue weighted by molar-refractivity contribution is 5.86. The molecule has 2 aromatic rings. The molecule has 106 valence electrons. The normalized spacial score (nSPS) is 10.8. The second-order valence-corrected chi connectivity index (χ2v) is 4.43. The number of carbonyl (C=O) groups is 1. The van der Waals surface area contributed by atoms with Crippen LogP contribution >= 0.6 is 0 Å². The van der Waals surface area contributed by atoms with Crippen molar-refractivity contribution in [2.24, 2.45) is 0 Å². The quantitative estimate of drug-likeness (QED) is 0.871. The monoisotopic (exact) mass is 275 g/mol. The first-order valence-corrected chi connectivity index (χ1v) is 6.61. The van der Waals surface area contributed by atoms with Crippen molar-refractivity contribution in [1.82, 2.24) is 5.16 Å². The molecule has 0 bridgehead atoms. The highest BCUT2D eigenvalue weighted by Crippen LogP contribution is 2.31. The standard InChI is InChI=1S/C15H17NO4/c1-3-10(4-2)19-13-8-6-5-7-11(13)14-9-12(15(17)18)16-20-14/h5-10H,3-4H2,1-2H3,(H,17,18). The van der Waals surface area contributed by atoms with Crippen LogP contribution in [-0.2, 0) is 0 Å². The maximum Gasteiger partial charge on any atom is 0.358 e. The average Bonchev–Trinajstić information content (AvgIpc) is 2.95. The first-order valence-electron chi connectivity index (χ1n) is 6.61. The fraction of sp³-hybridized carbons (Fsp3) is 0.333. The first-order chi connectivity index (χ1) is 9.65. The van der Waals surface area contributed by atoms with Gasteiger partial charge in [-0.3, -0.25) is 0 Å². The minimum Gasteiger partial charge on any atom is -0.490 e. The molecular formula is C15H17NO4. The van der Waals surface area contributed by atoms with E-state index in [4.69, 9.17) is 14.4 Å². The highest BCUT2D eigenvalue weighted by atomic mass is 16.5. The maximum absolute atomic E-state index is 10.8. The minimum absolute atomic E-state index is 0.114. The number of ether oxygens (including phenoxy) is 1. The molecule has 0 amide bonds. The molecule has 0 saturated heterocycles. The van der Waals surface area contributed by atoms with Gasteiger partial charge in [0.1, 0.15) is 5.75 Å². The van der Waals surface area contributed by atoms with E-state index in [2.05, 4.69) is 19.0 Å². The van der Waals surface area contributed by atoms with Gasteiger partial charge in [0.05, 0.1) is 11.7 Å². The van der Waals surface area contributed by atoms with Gasteiger partial charge in [-0.25, -0.2) is 4.79 Å². The zero-order valence-corrected chi connectivity index (χ0v) is 11.5. The summed E-state index contributed by atoms with van der Waals surface area (Å²) in [4.78, 5) is 10.8. The van der Waals surface area contributed by atoms with Gasteiger partial charge in [0, 0.05) is 6.07 Å². The maximum atomic E-state index is 10.8. The van der Waals surface area contributed by atoms with Crippen molar-refractivity contribution in [1.29, 1.82) is 0 Å². The smallest absolute Gasteiger partial charge is 0.358 e. The summed E-state index contributed by atoms with van der Waals surface area (Å²) in [5, 5.41) is 12.4. The number of carboxylic acid groups (broad SMARTS) is 1. The number of para-hydroxylation sites is 1. The topological polar surface area (TPSA) is 72.6 Å². The third kappa shape index (κ3) is 2.99. The van der Waals surface area contributed by atoms with E-state index in [0.717, 1.165) is 12.8 Å². The molecule has 0 spiro atoms. The molecule has 1 heterocycles. The Kier molecular flexibility index (Phi) is 4.40. The van der Waals surface area contributed by atoms with Crippen molar-refractivity contribution >= 4 is 5.97 Å². The summed E-state index contributed by atoms with van der Waals surface area (Å²) in [6, 6.07) is 8.78. The van der Waals surface area contributed by atoms with Crippen molar-refractivity contribution in [3.63, 3.8) is 0 Å². The molecule has 0 radical (unpaired) electrons. The molecule has 20 heavy (non-hydrogen) atoms. The summed E-state index contributed by atoms with van der Waals surface area (Å²) in [6.45, 7) is 4.13. The summed E-state index contributed by atoms with van der Waals surface area (Å²) >= 11 is 0. The lowest BCUT2D eigenvalue weighted by molar-refractivity contribution is 0.0686. The van der Waals surface area contributed by atoms with E-state index < -0.39 is 5.97 Å². The lowest BCUT2D eigenvalue weighted by Crippen LogP contribution is -2.14. The summed E-state index contributed by atoms with van der Waals surface area (Å²) in [5.74, 6) is -0.0448. The van der Waals surface area contributed by atoms with Crippen molar-refractivity contribution in [3.8, 4) is 17.1 Å². The van der Waals surface area contributed by atoms with Gasteiger partial charge in [-0.05, 0) is 25.0 Å². The van der Waals surface area contributed by atoms with Gasteiger partial charge in [0.15, 0.2) is 11.5 Å². The number of carboxylic acids is 1. The van der Waals surface area contributed by atoms with Gasteiger partial charge in [-0.15, -0.1) is 0 Å². The van der Waals surface area contributed by atoms with Crippen LogP contribution in [0.1, 0.15) is 37.2 Å². The van der Waals surface area contributed by atoms with E-state index in [0.29, 0.717) is 17.1 Å². The molecular weight excluding hydrogens is 258 g/mol. The molecule has 1 aromatic carbocycles. The second kappa shape index (κ2) is 6.23. The molecule has 0 unspecified atom stereocenters. The van der Waals surface area contributed by atoms with Gasteiger partial charge >= 0.3 is 5.97 Å². The SMILES string of the molecule is CCC(CC)Oc1ccccc1-c1cc(C(=O)O)no1. The molecule has 1 N–H and O–H groups in total. The lowest BCUT2D eigenvalue weighted by atomic mass is 10.1. The van der Waals surface area contributed by atoms with Crippen LogP contribution in [0.5, 0.6) is 5.75 Å². The Balaban J connectivity index is 2.33. The summed E-state index contributed by atoms with van der Waals surface area (Å²) in [6.07, 6.45) is 1.93. The van der Waals surface area contributed by atoms with Crippen LogP contribution in [0.3, 0.4) is 0 Å². The Bertz CT molecular complexity index is 587. The third-order valence-corrected chi connectivity index (χ3v) is 3.09. The summed E-state index contributed by atoms with van der Waals surface area (Å²) in [5.41, 5.74) is 0.594. The lowest BCUT2D eigenvalue weighted by Gasteiger charge is -2.17. The van der Waals surface area contributed by atoms with Crippen LogP contribution in [0.25, 0.3) is 11.3 Å². The molecule has 1 aromatic heterocycles. The van der Waals surface area contributed by atoms with Gasteiger partial charge in [-0.1, -0.05) is 31.1 Å². The molecule has 0 fully saturated rings. The molecule has 0 atom stereocenters. The number of benzene rings is 1. The van der Waals surface area contributed by atoms with Gasteiger partial charge in [-0.2, -0.15) is 0 Å². The average molecular weight is 275 g/mol. The number of hydrogen-bond acceptors (Lipinski definition) is 4. The Morgan fingerprint density at radius 3 is 2.65 bits per heavy atom. The van der Waals surface area contributed by atoms with Crippen LogP contribution < -0.4 is 4.74 Å². The number of nitrogens with zero attached hydrogens (tertiary/aromatic N) is 1. The highest BCUT2D eigenvalue weighted by Gasteiger charge is 2.16. The molecule has 2 rings (SSSR count). The van der Waals surface area contributed by atoms with E-state index in [1.54, 1.807) is 0 Å². The van der Waals surface area contributed by atoms with Crippen LogP contribution in [0.2, 0.25) is 0 Å². The second-order valence-electron chi connectivity index (χ2n) is 4.43. The summed E-state index contributed by atoms with van der Waals surface area (Å²) < 4.78 is 11.0. The van der Waals surface area contributed by atoms with Crippen molar-refractivity contribution in [2.45, 2.75) is 32.8 Å². The third-order valence-electron chi connectivity index (χ3n) is 3.09. The van der Waals surface area contributed by atoms with Crippen LogP contribution in [-0.4, -0.2) is 22.3 Å².